The number of carbonyl (C=O) groups excluding carboxylic acids is 2. The summed E-state index contributed by atoms with van der Waals surface area (Å²) in [7, 11) is 3.34. The Labute approximate surface area is 149 Å². The van der Waals surface area contributed by atoms with E-state index in [2.05, 4.69) is 15.9 Å². The van der Waals surface area contributed by atoms with Crippen LogP contribution in [0.2, 0.25) is 0 Å². The summed E-state index contributed by atoms with van der Waals surface area (Å²) in [6.45, 7) is -0.0247. The summed E-state index contributed by atoms with van der Waals surface area (Å²) in [6, 6.07) is 14.4. The van der Waals surface area contributed by atoms with Gasteiger partial charge in [-0.2, -0.15) is 0 Å². The first-order valence-electron chi connectivity index (χ1n) is 7.37. The number of hydrogen-bond acceptors (Lipinski definition) is 3. The van der Waals surface area contributed by atoms with Gasteiger partial charge in [-0.3, -0.25) is 9.59 Å². The second-order valence-corrected chi connectivity index (χ2v) is 6.27. The number of carbonyl (C=O) groups is 2. The molecule has 0 aliphatic carbocycles. The molecule has 0 unspecified atom stereocenters. The highest BCUT2D eigenvalue weighted by Crippen LogP contribution is 2.15. The average Bonchev–Trinajstić information content (AvgIpc) is 2.58. The Kier molecular flexibility index (Phi) is 6.32. The molecule has 2 aromatic rings. The molecule has 124 valence electrons. The van der Waals surface area contributed by atoms with Gasteiger partial charge in [0.2, 0.25) is 0 Å². The lowest BCUT2D eigenvalue weighted by Crippen LogP contribution is -2.27. The van der Waals surface area contributed by atoms with Gasteiger partial charge >= 0.3 is 0 Å². The van der Waals surface area contributed by atoms with Crippen LogP contribution >= 0.6 is 15.9 Å². The highest BCUT2D eigenvalue weighted by atomic mass is 79.9. The van der Waals surface area contributed by atoms with E-state index in [1.54, 1.807) is 44.4 Å². The number of benzene rings is 2. The van der Waals surface area contributed by atoms with Gasteiger partial charge in [0.15, 0.2) is 12.4 Å². The summed E-state index contributed by atoms with van der Waals surface area (Å²) in [5.41, 5.74) is 1.51. The third-order valence-corrected chi connectivity index (χ3v) is 3.77. The largest absolute Gasteiger partial charge is 0.484 e. The monoisotopic (exact) mass is 387 g/mol. The van der Waals surface area contributed by atoms with E-state index in [0.717, 1.165) is 10.0 Å². The fourth-order valence-corrected chi connectivity index (χ4v) is 2.28. The Bertz CT molecular complexity index is 751. The number of nitrogens with zero attached hydrogens (tertiary/aromatic N) is 1. The predicted octanol–water partition coefficient (Wildman–Crippen LogP) is 3.81. The zero-order valence-corrected chi connectivity index (χ0v) is 15.1. The third kappa shape index (κ3) is 5.35. The van der Waals surface area contributed by atoms with Gasteiger partial charge in [-0.05, 0) is 48.0 Å². The lowest BCUT2D eigenvalue weighted by Gasteiger charge is -2.11. The second-order valence-electron chi connectivity index (χ2n) is 5.35. The normalized spacial score (nSPS) is 10.6. The highest BCUT2D eigenvalue weighted by Gasteiger charge is 2.06. The Morgan fingerprint density at radius 2 is 1.83 bits per heavy atom. The zero-order valence-electron chi connectivity index (χ0n) is 13.5. The van der Waals surface area contributed by atoms with Crippen molar-refractivity contribution in [2.45, 2.75) is 0 Å². The van der Waals surface area contributed by atoms with Gasteiger partial charge in [-0.1, -0.05) is 34.1 Å². The molecular weight excluding hydrogens is 370 g/mol. The number of halogens is 1. The molecule has 5 heteroatoms. The molecule has 0 aliphatic rings. The molecule has 2 rings (SSSR count). The van der Waals surface area contributed by atoms with Crippen molar-refractivity contribution in [2.75, 3.05) is 20.7 Å². The first-order chi connectivity index (χ1) is 11.5. The summed E-state index contributed by atoms with van der Waals surface area (Å²) in [5, 5.41) is 0. The maximum absolute atomic E-state index is 12.2. The smallest absolute Gasteiger partial charge is 0.259 e. The van der Waals surface area contributed by atoms with Crippen molar-refractivity contribution in [1.29, 1.82) is 0 Å². The van der Waals surface area contributed by atoms with Crippen molar-refractivity contribution >= 4 is 33.7 Å². The van der Waals surface area contributed by atoms with Crippen molar-refractivity contribution in [2.24, 2.45) is 0 Å². The van der Waals surface area contributed by atoms with E-state index in [9.17, 15) is 9.59 Å². The zero-order chi connectivity index (χ0) is 17.5. The predicted molar refractivity (Wildman–Crippen MR) is 98.1 cm³/mol. The molecule has 0 spiro atoms. The van der Waals surface area contributed by atoms with Crippen LogP contribution in [-0.4, -0.2) is 37.3 Å². The molecule has 0 radical (unpaired) electrons. The van der Waals surface area contributed by atoms with Gasteiger partial charge in [0.25, 0.3) is 5.91 Å². The number of rotatable bonds is 6. The number of likely N-dealkylation sites (N-methyl/N-ethyl adjacent to an activating group) is 1. The van der Waals surface area contributed by atoms with E-state index in [0.29, 0.717) is 11.3 Å². The Balaban J connectivity index is 1.97. The van der Waals surface area contributed by atoms with Crippen molar-refractivity contribution < 1.29 is 14.3 Å². The quantitative estimate of drug-likeness (QED) is 0.559. The third-order valence-electron chi connectivity index (χ3n) is 3.28. The van der Waals surface area contributed by atoms with E-state index in [1.165, 1.54) is 11.0 Å². The molecule has 24 heavy (non-hydrogen) atoms. The van der Waals surface area contributed by atoms with Gasteiger partial charge in [0.05, 0.1) is 0 Å². The minimum absolute atomic E-state index is 0.0247. The van der Waals surface area contributed by atoms with Gasteiger partial charge in [0.1, 0.15) is 5.75 Å². The van der Waals surface area contributed by atoms with Crippen LogP contribution in [0.5, 0.6) is 5.75 Å². The fourth-order valence-electron chi connectivity index (χ4n) is 1.87. The SMILES string of the molecule is CN(C)C(=O)COc1ccc(C(=O)C=Cc2cccc(Br)c2)cc1. The lowest BCUT2D eigenvalue weighted by atomic mass is 10.1. The number of amides is 1. The molecule has 1 amide bonds. The molecule has 0 bridgehead atoms. The van der Waals surface area contributed by atoms with Gasteiger partial charge < -0.3 is 9.64 Å². The topological polar surface area (TPSA) is 46.6 Å². The molecule has 4 nitrogen and oxygen atoms in total. The van der Waals surface area contributed by atoms with Crippen molar-refractivity contribution in [3.05, 3.63) is 70.2 Å². The number of allylic oxidation sites excluding steroid dienone is 1. The molecule has 0 atom stereocenters. The molecule has 0 saturated carbocycles. The van der Waals surface area contributed by atoms with E-state index in [4.69, 9.17) is 4.74 Å². The molecule has 2 aromatic carbocycles. The maximum Gasteiger partial charge on any atom is 0.259 e. The van der Waals surface area contributed by atoms with Crippen LogP contribution in [0.25, 0.3) is 6.08 Å². The van der Waals surface area contributed by atoms with E-state index in [-0.39, 0.29) is 18.3 Å². The van der Waals surface area contributed by atoms with Gasteiger partial charge in [0, 0.05) is 24.1 Å². The van der Waals surface area contributed by atoms with Crippen molar-refractivity contribution in [3.8, 4) is 5.75 Å². The first-order valence-corrected chi connectivity index (χ1v) is 8.16. The summed E-state index contributed by atoms with van der Waals surface area (Å²) in [6.07, 6.45) is 3.31. The van der Waals surface area contributed by atoms with E-state index < -0.39 is 0 Å². The van der Waals surface area contributed by atoms with Gasteiger partial charge in [-0.25, -0.2) is 0 Å². The second kappa shape index (κ2) is 8.45. The highest BCUT2D eigenvalue weighted by molar-refractivity contribution is 9.10. The number of ketones is 1. The number of ether oxygens (including phenoxy) is 1. The minimum atomic E-state index is -0.118. The van der Waals surface area contributed by atoms with E-state index in [1.807, 2.05) is 24.3 Å². The molecule has 0 saturated heterocycles. The standard InChI is InChI=1S/C19H18BrNO3/c1-21(2)19(23)13-24-17-9-7-15(8-10-17)18(22)11-6-14-4-3-5-16(20)12-14/h3-12H,13H2,1-2H3. The molecule has 0 heterocycles. The Hall–Kier alpha value is -2.40. The van der Waals surface area contributed by atoms with Crippen LogP contribution in [0, 0.1) is 0 Å². The molecule has 0 N–H and O–H groups in total. The first kappa shape index (κ1) is 17.9. The van der Waals surface area contributed by atoms with Crippen LogP contribution in [0.15, 0.2) is 59.1 Å². The van der Waals surface area contributed by atoms with Crippen LogP contribution in [0.3, 0.4) is 0 Å². The Morgan fingerprint density at radius 1 is 1.12 bits per heavy atom. The van der Waals surface area contributed by atoms with Gasteiger partial charge in [-0.15, -0.1) is 0 Å². The van der Waals surface area contributed by atoms with Crippen LogP contribution in [0.4, 0.5) is 0 Å². The van der Waals surface area contributed by atoms with Crippen molar-refractivity contribution in [1.82, 2.24) is 4.90 Å². The van der Waals surface area contributed by atoms with Crippen LogP contribution in [-0.2, 0) is 4.79 Å². The number of hydrogen-bond donors (Lipinski definition) is 0. The molecule has 0 aliphatic heterocycles. The molecule has 0 fully saturated rings. The summed E-state index contributed by atoms with van der Waals surface area (Å²) < 4.78 is 6.34. The summed E-state index contributed by atoms with van der Waals surface area (Å²) >= 11 is 3.40. The Morgan fingerprint density at radius 3 is 2.46 bits per heavy atom. The van der Waals surface area contributed by atoms with Crippen LogP contribution in [0.1, 0.15) is 15.9 Å². The molecule has 0 aromatic heterocycles. The average molecular weight is 388 g/mol. The summed E-state index contributed by atoms with van der Waals surface area (Å²) in [5.74, 6) is 0.343. The van der Waals surface area contributed by atoms with E-state index >= 15 is 0 Å². The fraction of sp³-hybridized carbons (Fsp3) is 0.158. The van der Waals surface area contributed by atoms with Crippen LogP contribution < -0.4 is 4.74 Å². The summed E-state index contributed by atoms with van der Waals surface area (Å²) in [4.78, 5) is 25.1. The maximum atomic E-state index is 12.2. The molecular formula is C19H18BrNO3. The minimum Gasteiger partial charge on any atom is -0.484 e. The van der Waals surface area contributed by atoms with Crippen molar-refractivity contribution in [3.63, 3.8) is 0 Å². The lowest BCUT2D eigenvalue weighted by molar-refractivity contribution is -0.130.